The van der Waals surface area contributed by atoms with E-state index in [1.807, 2.05) is 0 Å². The fourth-order valence-electron chi connectivity index (χ4n) is 2.61. The zero-order valence-electron chi connectivity index (χ0n) is 8.43. The number of hydrogen-bond donors (Lipinski definition) is 1. The molecule has 2 rings (SSSR count). The average molecular weight is 168 g/mol. The first-order valence-corrected chi connectivity index (χ1v) is 5.07. The second kappa shape index (κ2) is 2.71. The Morgan fingerprint density at radius 3 is 2.67 bits per heavy atom. The van der Waals surface area contributed by atoms with Crippen LogP contribution >= 0.6 is 0 Å². The highest BCUT2D eigenvalue weighted by Gasteiger charge is 2.39. The van der Waals surface area contributed by atoms with Crippen LogP contribution in [0.15, 0.2) is 0 Å². The lowest BCUT2D eigenvalue weighted by Crippen LogP contribution is -2.44. The number of nitrogens with zero attached hydrogens (tertiary/aromatic N) is 1. The first kappa shape index (κ1) is 8.52. The summed E-state index contributed by atoms with van der Waals surface area (Å²) in [6.07, 6.45) is 2.71. The van der Waals surface area contributed by atoms with Gasteiger partial charge in [-0.1, -0.05) is 0 Å². The molecular formula is C10H20N2. The zero-order valence-corrected chi connectivity index (χ0v) is 8.43. The van der Waals surface area contributed by atoms with E-state index in [0.29, 0.717) is 5.54 Å². The van der Waals surface area contributed by atoms with E-state index in [0.717, 1.165) is 12.1 Å². The van der Waals surface area contributed by atoms with E-state index in [1.54, 1.807) is 0 Å². The molecule has 0 aliphatic carbocycles. The summed E-state index contributed by atoms with van der Waals surface area (Å²) in [5.41, 5.74) is 0.367. The van der Waals surface area contributed by atoms with Crippen molar-refractivity contribution in [1.29, 1.82) is 0 Å². The highest BCUT2D eigenvalue weighted by molar-refractivity contribution is 4.98. The van der Waals surface area contributed by atoms with Crippen LogP contribution in [0.25, 0.3) is 0 Å². The average Bonchev–Trinajstić information content (AvgIpc) is 2.25. The van der Waals surface area contributed by atoms with E-state index in [-0.39, 0.29) is 0 Å². The summed E-state index contributed by atoms with van der Waals surface area (Å²) in [6, 6.07) is 1.64. The lowest BCUT2D eigenvalue weighted by molar-refractivity contribution is 0.120. The molecule has 2 heterocycles. The number of rotatable bonds is 0. The normalized spacial score (nSPS) is 37.2. The van der Waals surface area contributed by atoms with Gasteiger partial charge in [0.15, 0.2) is 0 Å². The van der Waals surface area contributed by atoms with Crippen molar-refractivity contribution in [2.24, 2.45) is 0 Å². The molecule has 0 unspecified atom stereocenters. The van der Waals surface area contributed by atoms with Gasteiger partial charge in [0, 0.05) is 24.2 Å². The van der Waals surface area contributed by atoms with Crippen LogP contribution in [0, 0.1) is 0 Å². The predicted molar refractivity (Wildman–Crippen MR) is 51.3 cm³/mol. The summed E-state index contributed by atoms with van der Waals surface area (Å²) in [4.78, 5) is 2.66. The summed E-state index contributed by atoms with van der Waals surface area (Å²) >= 11 is 0. The van der Waals surface area contributed by atoms with Gasteiger partial charge in [-0.25, -0.2) is 0 Å². The number of nitrogens with one attached hydrogen (secondary N) is 1. The molecule has 0 aromatic carbocycles. The van der Waals surface area contributed by atoms with Crippen LogP contribution in [0.5, 0.6) is 0 Å². The Balaban J connectivity index is 2.09. The summed E-state index contributed by atoms with van der Waals surface area (Å²) in [5.74, 6) is 0. The largest absolute Gasteiger partial charge is 0.313 e. The molecule has 0 saturated carbocycles. The fraction of sp³-hybridized carbons (Fsp3) is 1.00. The van der Waals surface area contributed by atoms with Crippen LogP contribution in [-0.2, 0) is 0 Å². The second-order valence-electron chi connectivity index (χ2n) is 5.15. The van der Waals surface area contributed by atoms with Crippen LogP contribution in [0.2, 0.25) is 0 Å². The van der Waals surface area contributed by atoms with Crippen LogP contribution < -0.4 is 5.32 Å². The Morgan fingerprint density at radius 1 is 1.33 bits per heavy atom. The molecule has 2 nitrogen and oxygen atoms in total. The van der Waals surface area contributed by atoms with Gasteiger partial charge in [0.05, 0.1) is 0 Å². The molecule has 0 aromatic heterocycles. The van der Waals surface area contributed by atoms with E-state index in [1.165, 1.54) is 25.9 Å². The third-order valence-corrected chi connectivity index (χ3v) is 3.19. The van der Waals surface area contributed by atoms with Crippen LogP contribution in [0.3, 0.4) is 0 Å². The molecule has 2 bridgehead atoms. The lowest BCUT2D eigenvalue weighted by atomic mass is 10.0. The maximum Gasteiger partial charge on any atom is 0.0210 e. The molecule has 12 heavy (non-hydrogen) atoms. The molecule has 2 fully saturated rings. The zero-order chi connectivity index (χ0) is 8.77. The Labute approximate surface area is 75.3 Å². The van der Waals surface area contributed by atoms with Gasteiger partial charge >= 0.3 is 0 Å². The van der Waals surface area contributed by atoms with Crippen molar-refractivity contribution in [1.82, 2.24) is 10.2 Å². The van der Waals surface area contributed by atoms with Gasteiger partial charge in [0.1, 0.15) is 0 Å². The van der Waals surface area contributed by atoms with Gasteiger partial charge < -0.3 is 5.32 Å². The highest BCUT2D eigenvalue weighted by Crippen LogP contribution is 2.30. The molecule has 70 valence electrons. The minimum atomic E-state index is 0.367. The number of hydrogen-bond acceptors (Lipinski definition) is 2. The summed E-state index contributed by atoms with van der Waals surface area (Å²) in [6.45, 7) is 9.46. The van der Waals surface area contributed by atoms with E-state index in [2.05, 4.69) is 31.0 Å². The third kappa shape index (κ3) is 1.38. The lowest BCUT2D eigenvalue weighted by Gasteiger charge is -2.36. The molecule has 2 aliphatic heterocycles. The van der Waals surface area contributed by atoms with Crippen molar-refractivity contribution in [3.8, 4) is 0 Å². The van der Waals surface area contributed by atoms with Crippen molar-refractivity contribution >= 4 is 0 Å². The van der Waals surface area contributed by atoms with Crippen LogP contribution in [-0.4, -0.2) is 35.6 Å². The Bertz CT molecular complexity index is 171. The molecule has 2 atom stereocenters. The highest BCUT2D eigenvalue weighted by atomic mass is 15.3. The van der Waals surface area contributed by atoms with Crippen molar-refractivity contribution in [2.45, 2.75) is 51.2 Å². The van der Waals surface area contributed by atoms with E-state index < -0.39 is 0 Å². The minimum Gasteiger partial charge on any atom is -0.313 e. The SMILES string of the molecule is CC(C)(C)N1C[C@H]2C[C@@H]1CCN2. The van der Waals surface area contributed by atoms with Crippen molar-refractivity contribution in [2.75, 3.05) is 13.1 Å². The maximum atomic E-state index is 3.57. The standard InChI is InChI=1S/C10H20N2/c1-10(2,3)12-7-8-6-9(12)4-5-11-8/h8-9,11H,4-7H2,1-3H3/t8-,9+/m1/s1. The smallest absolute Gasteiger partial charge is 0.0210 e. The Morgan fingerprint density at radius 2 is 2.08 bits per heavy atom. The Hall–Kier alpha value is -0.0800. The first-order chi connectivity index (χ1) is 5.57. The summed E-state index contributed by atoms with van der Waals surface area (Å²) in [5, 5.41) is 3.57. The molecular weight excluding hydrogens is 148 g/mol. The van der Waals surface area contributed by atoms with Gasteiger partial charge in [-0.15, -0.1) is 0 Å². The number of likely N-dealkylation sites (tertiary alicyclic amines) is 1. The van der Waals surface area contributed by atoms with Gasteiger partial charge in [-0.3, -0.25) is 4.90 Å². The summed E-state index contributed by atoms with van der Waals surface area (Å²) < 4.78 is 0. The van der Waals surface area contributed by atoms with E-state index in [4.69, 9.17) is 0 Å². The molecule has 0 radical (unpaired) electrons. The molecule has 1 N–H and O–H groups in total. The first-order valence-electron chi connectivity index (χ1n) is 5.07. The van der Waals surface area contributed by atoms with E-state index in [9.17, 15) is 0 Å². The monoisotopic (exact) mass is 168 g/mol. The Kier molecular flexibility index (Phi) is 1.92. The fourth-order valence-corrected chi connectivity index (χ4v) is 2.61. The van der Waals surface area contributed by atoms with Crippen molar-refractivity contribution in [3.63, 3.8) is 0 Å². The second-order valence-corrected chi connectivity index (χ2v) is 5.15. The number of fused-ring (bicyclic) bond motifs is 2. The third-order valence-electron chi connectivity index (χ3n) is 3.19. The topological polar surface area (TPSA) is 15.3 Å². The maximum absolute atomic E-state index is 3.57. The van der Waals surface area contributed by atoms with Gasteiger partial charge in [0.2, 0.25) is 0 Å². The quantitative estimate of drug-likeness (QED) is 0.585. The van der Waals surface area contributed by atoms with Crippen molar-refractivity contribution < 1.29 is 0 Å². The molecule has 2 saturated heterocycles. The summed E-state index contributed by atoms with van der Waals surface area (Å²) in [7, 11) is 0. The predicted octanol–water partition coefficient (Wildman–Crippen LogP) is 1.22. The van der Waals surface area contributed by atoms with E-state index >= 15 is 0 Å². The minimum absolute atomic E-state index is 0.367. The molecule has 0 aromatic rings. The van der Waals surface area contributed by atoms with Gasteiger partial charge in [0.25, 0.3) is 0 Å². The molecule has 2 aliphatic rings. The van der Waals surface area contributed by atoms with Gasteiger partial charge in [-0.05, 0) is 40.2 Å². The molecule has 0 spiro atoms. The molecule has 0 amide bonds. The van der Waals surface area contributed by atoms with Crippen molar-refractivity contribution in [3.05, 3.63) is 0 Å². The van der Waals surface area contributed by atoms with Gasteiger partial charge in [-0.2, -0.15) is 0 Å². The van der Waals surface area contributed by atoms with Crippen LogP contribution in [0.4, 0.5) is 0 Å². The van der Waals surface area contributed by atoms with Crippen LogP contribution in [0.1, 0.15) is 33.6 Å². The number of piperidine rings is 1. The molecule has 2 heteroatoms.